The molecule has 140 valence electrons. The number of hydrogen-bond donors (Lipinski definition) is 0. The number of hydrogen-bond acceptors (Lipinski definition) is 5. The summed E-state index contributed by atoms with van der Waals surface area (Å²) in [6, 6.07) is 5.94. The number of piperazine rings is 1. The van der Waals surface area contributed by atoms with E-state index in [1.807, 2.05) is 31.0 Å². The molecule has 1 saturated heterocycles. The van der Waals surface area contributed by atoms with E-state index in [1.54, 1.807) is 0 Å². The molecule has 2 heterocycles. The Labute approximate surface area is 161 Å². The van der Waals surface area contributed by atoms with Crippen molar-refractivity contribution in [3.63, 3.8) is 0 Å². The summed E-state index contributed by atoms with van der Waals surface area (Å²) in [5, 5.41) is 7.60. The van der Waals surface area contributed by atoms with Gasteiger partial charge in [-0.15, -0.1) is 0 Å². The van der Waals surface area contributed by atoms with Crippen molar-refractivity contribution >= 4 is 34.7 Å². The van der Waals surface area contributed by atoms with Gasteiger partial charge >= 0.3 is 0 Å². The number of allylic oxidation sites excluding steroid dienone is 1. The minimum Gasteiger partial charge on any atom is -0.338 e. The first-order valence-corrected chi connectivity index (χ1v) is 9.62. The standard InChI is InChI=1S/C20H28ClN5/c1-6-15(4)19-17-8-7-16(21)13-18(17)22-20(26(19)23-14(2)3)25-11-9-24(5)10-12-25/h7-8,13H,6,9-12H2,1-5H3. The van der Waals surface area contributed by atoms with Gasteiger partial charge in [0.2, 0.25) is 5.96 Å². The van der Waals surface area contributed by atoms with E-state index in [0.29, 0.717) is 5.02 Å². The van der Waals surface area contributed by atoms with E-state index in [2.05, 4.69) is 36.8 Å². The third-order valence-corrected chi connectivity index (χ3v) is 5.09. The largest absolute Gasteiger partial charge is 0.338 e. The normalized spacial score (nSPS) is 19.8. The van der Waals surface area contributed by atoms with Crippen molar-refractivity contribution in [1.82, 2.24) is 14.8 Å². The molecule has 26 heavy (non-hydrogen) atoms. The number of likely N-dealkylation sites (N-methyl/N-ethyl adjacent to an activating group) is 1. The summed E-state index contributed by atoms with van der Waals surface area (Å²) in [7, 11) is 2.16. The lowest BCUT2D eigenvalue weighted by atomic mass is 10.0. The van der Waals surface area contributed by atoms with E-state index in [0.717, 1.165) is 61.2 Å². The highest BCUT2D eigenvalue weighted by molar-refractivity contribution is 6.31. The Morgan fingerprint density at radius 3 is 2.46 bits per heavy atom. The van der Waals surface area contributed by atoms with Gasteiger partial charge in [-0.05, 0) is 58.0 Å². The van der Waals surface area contributed by atoms with Crippen LogP contribution in [-0.4, -0.2) is 59.7 Å². The Bertz CT molecular complexity index is 768. The molecule has 0 unspecified atom stereocenters. The summed E-state index contributed by atoms with van der Waals surface area (Å²) in [5.41, 5.74) is 5.45. The van der Waals surface area contributed by atoms with E-state index >= 15 is 0 Å². The summed E-state index contributed by atoms with van der Waals surface area (Å²) in [6.45, 7) is 12.3. The van der Waals surface area contributed by atoms with Crippen molar-refractivity contribution in [2.24, 2.45) is 10.1 Å². The van der Waals surface area contributed by atoms with Crippen LogP contribution >= 0.6 is 11.6 Å². The van der Waals surface area contributed by atoms with Crippen molar-refractivity contribution in [2.45, 2.75) is 34.1 Å². The Morgan fingerprint density at radius 2 is 1.85 bits per heavy atom. The average molecular weight is 374 g/mol. The molecule has 2 aliphatic rings. The van der Waals surface area contributed by atoms with Gasteiger partial charge in [0.05, 0.1) is 11.4 Å². The minimum atomic E-state index is 0.711. The Hall–Kier alpha value is -1.85. The molecule has 3 rings (SSSR count). The zero-order valence-corrected chi connectivity index (χ0v) is 17.1. The maximum absolute atomic E-state index is 6.26. The quantitative estimate of drug-likeness (QED) is 0.719. The lowest BCUT2D eigenvalue weighted by molar-refractivity contribution is 0.204. The predicted octanol–water partition coefficient (Wildman–Crippen LogP) is 4.43. The summed E-state index contributed by atoms with van der Waals surface area (Å²) in [4.78, 5) is 9.66. The van der Waals surface area contributed by atoms with E-state index in [4.69, 9.17) is 21.7 Å². The van der Waals surface area contributed by atoms with Gasteiger partial charge in [0.25, 0.3) is 0 Å². The maximum Gasteiger partial charge on any atom is 0.227 e. The van der Waals surface area contributed by atoms with Crippen molar-refractivity contribution < 1.29 is 0 Å². The van der Waals surface area contributed by atoms with E-state index in [1.165, 1.54) is 5.57 Å². The molecule has 6 heteroatoms. The SMILES string of the molecule is CCC(C)=C1c2ccc(Cl)cc2N=C(N2CCN(C)CC2)N1N=C(C)C. The molecule has 0 atom stereocenters. The minimum absolute atomic E-state index is 0.711. The van der Waals surface area contributed by atoms with Gasteiger partial charge in [0.15, 0.2) is 0 Å². The van der Waals surface area contributed by atoms with Gasteiger partial charge in [-0.2, -0.15) is 10.1 Å². The Kier molecular flexibility index (Phi) is 5.68. The predicted molar refractivity (Wildman–Crippen MR) is 111 cm³/mol. The number of aliphatic imine (C=N–C) groups is 1. The molecule has 1 aromatic carbocycles. The third kappa shape index (κ3) is 3.79. The fourth-order valence-corrected chi connectivity index (χ4v) is 3.42. The monoisotopic (exact) mass is 373 g/mol. The summed E-state index contributed by atoms with van der Waals surface area (Å²) in [6.07, 6.45) is 0.961. The fourth-order valence-electron chi connectivity index (χ4n) is 3.25. The molecule has 0 radical (unpaired) electrons. The van der Waals surface area contributed by atoms with E-state index in [9.17, 15) is 0 Å². The van der Waals surface area contributed by atoms with Crippen LogP contribution in [0.3, 0.4) is 0 Å². The number of hydrazone groups is 1. The summed E-state index contributed by atoms with van der Waals surface area (Å²) >= 11 is 6.26. The van der Waals surface area contributed by atoms with Crippen LogP contribution in [-0.2, 0) is 0 Å². The molecule has 0 N–H and O–H groups in total. The van der Waals surface area contributed by atoms with Crippen LogP contribution < -0.4 is 0 Å². The molecule has 1 fully saturated rings. The van der Waals surface area contributed by atoms with Crippen molar-refractivity contribution in [3.05, 3.63) is 34.4 Å². The maximum atomic E-state index is 6.26. The molecular formula is C20H28ClN5. The second-order valence-corrected chi connectivity index (χ2v) is 7.64. The van der Waals surface area contributed by atoms with Crippen LogP contribution in [0.2, 0.25) is 5.02 Å². The van der Waals surface area contributed by atoms with E-state index in [-0.39, 0.29) is 0 Å². The second kappa shape index (κ2) is 7.80. The number of guanidine groups is 1. The van der Waals surface area contributed by atoms with Gasteiger partial charge in [-0.1, -0.05) is 18.5 Å². The lowest BCUT2D eigenvalue weighted by Gasteiger charge is -2.40. The highest BCUT2D eigenvalue weighted by Crippen LogP contribution is 2.39. The van der Waals surface area contributed by atoms with Crippen molar-refractivity contribution in [3.8, 4) is 0 Å². The molecule has 0 bridgehead atoms. The van der Waals surface area contributed by atoms with Crippen molar-refractivity contribution in [1.29, 1.82) is 0 Å². The molecule has 1 aromatic rings. The van der Waals surface area contributed by atoms with Crippen LogP contribution in [0.4, 0.5) is 5.69 Å². The highest BCUT2D eigenvalue weighted by atomic mass is 35.5. The zero-order chi connectivity index (χ0) is 18.8. The van der Waals surface area contributed by atoms with Gasteiger partial charge in [0, 0.05) is 42.5 Å². The van der Waals surface area contributed by atoms with E-state index < -0.39 is 0 Å². The molecule has 2 aliphatic heterocycles. The number of benzene rings is 1. The van der Waals surface area contributed by atoms with Crippen LogP contribution in [0, 0.1) is 0 Å². The number of rotatable bonds is 2. The number of halogens is 1. The third-order valence-electron chi connectivity index (χ3n) is 4.86. The zero-order valence-electron chi connectivity index (χ0n) is 16.4. The van der Waals surface area contributed by atoms with Gasteiger partial charge in [-0.3, -0.25) is 0 Å². The lowest BCUT2D eigenvalue weighted by Crippen LogP contribution is -2.51. The summed E-state index contributed by atoms with van der Waals surface area (Å²) < 4.78 is 0. The molecule has 0 aliphatic carbocycles. The van der Waals surface area contributed by atoms with Crippen LogP contribution in [0.1, 0.15) is 39.7 Å². The molecule has 0 aromatic heterocycles. The summed E-state index contributed by atoms with van der Waals surface area (Å²) in [5.74, 6) is 0.900. The van der Waals surface area contributed by atoms with Crippen LogP contribution in [0.25, 0.3) is 5.70 Å². The number of fused-ring (bicyclic) bond motifs is 1. The first kappa shape index (κ1) is 18.9. The second-order valence-electron chi connectivity index (χ2n) is 7.21. The van der Waals surface area contributed by atoms with Crippen LogP contribution in [0.5, 0.6) is 0 Å². The molecular weight excluding hydrogens is 346 g/mol. The van der Waals surface area contributed by atoms with Crippen LogP contribution in [0.15, 0.2) is 33.9 Å². The fraction of sp³-hybridized carbons (Fsp3) is 0.500. The Balaban J connectivity index is 2.17. The van der Waals surface area contributed by atoms with Gasteiger partial charge < -0.3 is 9.80 Å². The highest BCUT2D eigenvalue weighted by Gasteiger charge is 2.31. The average Bonchev–Trinajstić information content (AvgIpc) is 2.61. The molecule has 0 saturated carbocycles. The smallest absolute Gasteiger partial charge is 0.227 e. The number of nitrogens with zero attached hydrogens (tertiary/aromatic N) is 5. The molecule has 0 spiro atoms. The Morgan fingerprint density at radius 1 is 1.15 bits per heavy atom. The molecule has 0 amide bonds. The van der Waals surface area contributed by atoms with Gasteiger partial charge in [-0.25, -0.2) is 4.99 Å². The molecule has 5 nitrogen and oxygen atoms in total. The van der Waals surface area contributed by atoms with Gasteiger partial charge in [0.1, 0.15) is 0 Å². The van der Waals surface area contributed by atoms with Crippen molar-refractivity contribution in [2.75, 3.05) is 33.2 Å². The first-order valence-electron chi connectivity index (χ1n) is 9.24. The first-order chi connectivity index (χ1) is 12.4. The topological polar surface area (TPSA) is 34.4 Å².